The minimum absolute atomic E-state index is 0.148. The quantitative estimate of drug-likeness (QED) is 0.179. The number of anilines is 1. The topological polar surface area (TPSA) is 26.6 Å². The van der Waals surface area contributed by atoms with Gasteiger partial charge in [-0.15, -0.1) is 0 Å². The van der Waals surface area contributed by atoms with Crippen molar-refractivity contribution in [2.75, 3.05) is 45.7 Å². The fourth-order valence-electron chi connectivity index (χ4n) is 5.86. The van der Waals surface area contributed by atoms with Crippen LogP contribution in [0.2, 0.25) is 0 Å². The third kappa shape index (κ3) is 4.37. The molecule has 4 heterocycles. The molecule has 1 amide bonds. The van der Waals surface area contributed by atoms with Gasteiger partial charge in [0.1, 0.15) is 0 Å². The van der Waals surface area contributed by atoms with Crippen LogP contribution in [-0.4, -0.2) is 66.1 Å². The van der Waals surface area contributed by atoms with Crippen LogP contribution in [0.3, 0.4) is 0 Å². The molecule has 6 rings (SSSR count). The summed E-state index contributed by atoms with van der Waals surface area (Å²) in [5.41, 5.74) is 5.62. The van der Waals surface area contributed by atoms with Crippen LogP contribution >= 0.6 is 11.3 Å². The summed E-state index contributed by atoms with van der Waals surface area (Å²) in [5.74, 6) is 0.202. The Bertz CT molecular complexity index is 1550. The van der Waals surface area contributed by atoms with E-state index in [0.29, 0.717) is 0 Å². The number of benzene rings is 2. The van der Waals surface area contributed by atoms with Crippen molar-refractivity contribution >= 4 is 47.1 Å². The summed E-state index contributed by atoms with van der Waals surface area (Å²) in [6.45, 7) is 7.64. The van der Waals surface area contributed by atoms with Gasteiger partial charge < -0.3 is 0 Å². The van der Waals surface area contributed by atoms with Gasteiger partial charge in [0.15, 0.2) is 0 Å². The normalized spacial score (nSPS) is 17.3. The van der Waals surface area contributed by atoms with E-state index in [1.807, 2.05) is 4.90 Å². The molecule has 1 fully saturated rings. The van der Waals surface area contributed by atoms with E-state index in [2.05, 4.69) is 86.9 Å². The zero-order valence-corrected chi connectivity index (χ0v) is 25.1. The van der Waals surface area contributed by atoms with E-state index in [1.54, 1.807) is 11.3 Å². The Hall–Kier alpha value is -2.40. The van der Waals surface area contributed by atoms with Crippen LogP contribution in [0.1, 0.15) is 54.8 Å². The van der Waals surface area contributed by atoms with Crippen LogP contribution < -0.4 is 14.8 Å². The van der Waals surface area contributed by atoms with Crippen molar-refractivity contribution in [3.63, 3.8) is 0 Å². The SMILES string of the molecule is CN1CCC(C)(C)c2cc3c(-c4ccc(C(=O)N5CCCCC5)s4)c4ccc(=[N+](C)C)cc-4[se]c3cc21. The predicted molar refractivity (Wildman–Crippen MR) is 159 cm³/mol. The Labute approximate surface area is 229 Å². The third-order valence-corrected chi connectivity index (χ3v) is 11.7. The van der Waals surface area contributed by atoms with Crippen molar-refractivity contribution in [2.45, 2.75) is 44.9 Å². The fourth-order valence-corrected chi connectivity index (χ4v) is 9.29. The van der Waals surface area contributed by atoms with Gasteiger partial charge in [-0.1, -0.05) is 0 Å². The number of amides is 1. The number of carbonyl (C=O) groups is 1. The average Bonchev–Trinajstić information content (AvgIpc) is 3.38. The van der Waals surface area contributed by atoms with Crippen LogP contribution in [0.15, 0.2) is 42.5 Å². The number of carbonyl (C=O) groups excluding carboxylic acids is 1. The Balaban J connectivity index is 1.60. The molecular weight excluding hydrogens is 541 g/mol. The maximum atomic E-state index is 13.3. The van der Waals surface area contributed by atoms with E-state index < -0.39 is 0 Å². The van der Waals surface area contributed by atoms with Gasteiger partial charge >= 0.3 is 231 Å². The summed E-state index contributed by atoms with van der Waals surface area (Å²) in [4.78, 5) is 19.9. The molecule has 0 atom stereocenters. The Morgan fingerprint density at radius 3 is 2.54 bits per heavy atom. The Kier molecular flexibility index (Phi) is 6.34. The summed E-state index contributed by atoms with van der Waals surface area (Å²) in [5, 5.41) is 2.61. The molecule has 192 valence electrons. The molecule has 0 bridgehead atoms. The predicted octanol–water partition coefficient (Wildman–Crippen LogP) is 5.51. The van der Waals surface area contributed by atoms with Crippen LogP contribution in [0, 0.1) is 0 Å². The van der Waals surface area contributed by atoms with Gasteiger partial charge in [-0.05, 0) is 0 Å². The van der Waals surface area contributed by atoms with Crippen molar-refractivity contribution in [3.05, 3.63) is 58.3 Å². The van der Waals surface area contributed by atoms with Gasteiger partial charge in [-0.2, -0.15) is 0 Å². The van der Waals surface area contributed by atoms with Crippen LogP contribution in [0.25, 0.3) is 30.1 Å². The molecule has 1 aromatic heterocycles. The van der Waals surface area contributed by atoms with Gasteiger partial charge in [0, 0.05) is 0 Å². The molecule has 0 radical (unpaired) electrons. The van der Waals surface area contributed by atoms with Crippen molar-refractivity contribution in [3.8, 4) is 20.4 Å². The molecule has 0 saturated carbocycles. The molecule has 1 aromatic carbocycles. The number of thiophene rings is 1. The average molecular weight is 578 g/mol. The number of likely N-dealkylation sites (tertiary alicyclic amines) is 1. The maximum absolute atomic E-state index is 13.3. The molecular formula is C31H36N3OSSe+. The van der Waals surface area contributed by atoms with Crippen molar-refractivity contribution in [2.24, 2.45) is 0 Å². The third-order valence-electron chi connectivity index (χ3n) is 8.26. The summed E-state index contributed by atoms with van der Waals surface area (Å²) in [7, 11) is 6.46. The number of hydrogen-bond acceptors (Lipinski definition) is 3. The Morgan fingerprint density at radius 1 is 1.00 bits per heavy atom. The van der Waals surface area contributed by atoms with Gasteiger partial charge in [0.05, 0.1) is 0 Å². The molecule has 1 saturated heterocycles. The number of rotatable bonds is 2. The first-order valence-corrected chi connectivity index (χ1v) is 15.9. The van der Waals surface area contributed by atoms with Gasteiger partial charge in [-0.25, -0.2) is 0 Å². The molecule has 6 heteroatoms. The number of piperidine rings is 1. The number of nitrogens with zero attached hydrogens (tertiary/aromatic N) is 3. The minimum atomic E-state index is 0.148. The molecule has 0 N–H and O–H groups in total. The van der Waals surface area contributed by atoms with E-state index in [9.17, 15) is 4.79 Å². The van der Waals surface area contributed by atoms with E-state index >= 15 is 0 Å². The second kappa shape index (κ2) is 9.41. The molecule has 0 spiro atoms. The second-order valence-corrected chi connectivity index (χ2v) is 14.8. The molecule has 37 heavy (non-hydrogen) atoms. The molecule has 4 nitrogen and oxygen atoms in total. The van der Waals surface area contributed by atoms with Gasteiger partial charge in [-0.3, -0.25) is 0 Å². The molecule has 3 aliphatic heterocycles. The Morgan fingerprint density at radius 2 is 1.78 bits per heavy atom. The van der Waals surface area contributed by atoms with E-state index in [-0.39, 0.29) is 25.8 Å². The zero-order valence-electron chi connectivity index (χ0n) is 22.6. The summed E-state index contributed by atoms with van der Waals surface area (Å²) in [6.07, 6.45) is 4.63. The summed E-state index contributed by atoms with van der Waals surface area (Å²) < 4.78 is 5.07. The van der Waals surface area contributed by atoms with E-state index in [4.69, 9.17) is 0 Å². The van der Waals surface area contributed by atoms with Gasteiger partial charge in [0.25, 0.3) is 0 Å². The molecule has 4 aliphatic rings. The summed E-state index contributed by atoms with van der Waals surface area (Å²) >= 11 is 1.90. The second-order valence-electron chi connectivity index (χ2n) is 11.5. The van der Waals surface area contributed by atoms with Crippen molar-refractivity contribution in [1.82, 2.24) is 9.48 Å². The van der Waals surface area contributed by atoms with Crippen molar-refractivity contribution in [1.29, 1.82) is 0 Å². The molecule has 0 unspecified atom stereocenters. The monoisotopic (exact) mass is 578 g/mol. The molecule has 1 aliphatic carbocycles. The first-order valence-electron chi connectivity index (χ1n) is 13.4. The summed E-state index contributed by atoms with van der Waals surface area (Å²) in [6, 6.07) is 16.2. The zero-order chi connectivity index (χ0) is 25.9. The van der Waals surface area contributed by atoms with E-state index in [1.165, 1.54) is 53.1 Å². The standard InChI is InChI=1S/C31H36N3OSSe/c1-31(2)13-16-33(5)24-19-28-22(18-23(24)31)29(21-10-9-20(32(3)4)17-27(21)37-28)25-11-12-26(36-25)30(35)34-14-7-6-8-15-34/h9-12,17-19H,6-8,13-16H2,1-5H3/q+1. The number of fused-ring (bicyclic) bond motifs is 3. The first kappa shape index (κ1) is 24.9. The van der Waals surface area contributed by atoms with Gasteiger partial charge in [0.2, 0.25) is 0 Å². The van der Waals surface area contributed by atoms with Crippen LogP contribution in [-0.2, 0) is 5.41 Å². The first-order chi connectivity index (χ1) is 17.7. The van der Waals surface area contributed by atoms with Crippen LogP contribution in [0.5, 0.6) is 0 Å². The number of hydrogen-bond donors (Lipinski definition) is 0. The van der Waals surface area contributed by atoms with Crippen molar-refractivity contribution < 1.29 is 4.79 Å². The van der Waals surface area contributed by atoms with Crippen LogP contribution in [0.4, 0.5) is 5.69 Å². The molecule has 2 aromatic rings. The fraction of sp³-hybridized carbons (Fsp3) is 0.419. The van der Waals surface area contributed by atoms with E-state index in [0.717, 1.165) is 43.8 Å².